The minimum atomic E-state index is -1.20. The van der Waals surface area contributed by atoms with Gasteiger partial charge in [-0.05, 0) is 48.9 Å². The molecule has 5 nitrogen and oxygen atoms in total. The summed E-state index contributed by atoms with van der Waals surface area (Å²) in [5.41, 5.74) is 0.656. The Morgan fingerprint density at radius 2 is 1.76 bits per heavy atom. The molecule has 0 aliphatic carbocycles. The first-order valence-electron chi connectivity index (χ1n) is 7.72. The van der Waals surface area contributed by atoms with E-state index < -0.39 is 35.7 Å². The maximum atomic E-state index is 13.3. The van der Waals surface area contributed by atoms with Crippen molar-refractivity contribution in [1.82, 2.24) is 4.90 Å². The van der Waals surface area contributed by atoms with Gasteiger partial charge in [-0.1, -0.05) is 12.1 Å². The van der Waals surface area contributed by atoms with Gasteiger partial charge in [-0.2, -0.15) is 0 Å². The van der Waals surface area contributed by atoms with E-state index in [1.165, 1.54) is 47.4 Å². The van der Waals surface area contributed by atoms with Gasteiger partial charge in [0.05, 0.1) is 12.6 Å². The van der Waals surface area contributed by atoms with E-state index in [1.54, 1.807) is 6.92 Å². The van der Waals surface area contributed by atoms with Crippen LogP contribution in [0.2, 0.25) is 0 Å². The van der Waals surface area contributed by atoms with Crippen molar-refractivity contribution in [2.24, 2.45) is 0 Å². The SMILES string of the molecule is C[C@@H]1C(=O)N(C[C@@H](O)c2cccc(F)c2)C(=O)N1c1ccc(F)cc1. The van der Waals surface area contributed by atoms with Crippen LogP contribution >= 0.6 is 0 Å². The lowest BCUT2D eigenvalue weighted by Crippen LogP contribution is -2.36. The Balaban J connectivity index is 1.81. The van der Waals surface area contributed by atoms with Gasteiger partial charge in [-0.25, -0.2) is 13.6 Å². The number of aliphatic hydroxyl groups is 1. The molecule has 1 N–H and O–H groups in total. The lowest BCUT2D eigenvalue weighted by Gasteiger charge is -2.20. The van der Waals surface area contributed by atoms with Gasteiger partial charge in [0.15, 0.2) is 0 Å². The Morgan fingerprint density at radius 3 is 2.40 bits per heavy atom. The molecule has 1 saturated heterocycles. The van der Waals surface area contributed by atoms with Gasteiger partial charge in [0, 0.05) is 5.69 Å². The van der Waals surface area contributed by atoms with Gasteiger partial charge in [-0.15, -0.1) is 0 Å². The molecule has 1 heterocycles. The molecule has 3 amide bonds. The molecule has 7 heteroatoms. The molecule has 0 bridgehead atoms. The highest BCUT2D eigenvalue weighted by atomic mass is 19.1. The van der Waals surface area contributed by atoms with Crippen LogP contribution in [0.25, 0.3) is 0 Å². The fourth-order valence-electron chi connectivity index (χ4n) is 2.82. The number of nitrogens with zero attached hydrogens (tertiary/aromatic N) is 2. The Labute approximate surface area is 143 Å². The van der Waals surface area contributed by atoms with Crippen molar-refractivity contribution < 1.29 is 23.5 Å². The number of hydrogen-bond donors (Lipinski definition) is 1. The summed E-state index contributed by atoms with van der Waals surface area (Å²) >= 11 is 0. The third-order valence-electron chi connectivity index (χ3n) is 4.14. The average molecular weight is 346 g/mol. The minimum absolute atomic E-state index is 0.272. The number of β-amino-alcohol motifs (C(OH)–C–C–N with tert-alkyl or cyclic N) is 1. The molecule has 130 valence electrons. The monoisotopic (exact) mass is 346 g/mol. The number of amides is 3. The number of hydrogen-bond acceptors (Lipinski definition) is 3. The molecule has 1 aliphatic heterocycles. The first-order chi connectivity index (χ1) is 11.9. The molecule has 0 radical (unpaired) electrons. The Kier molecular flexibility index (Phi) is 4.50. The van der Waals surface area contributed by atoms with Crippen LogP contribution in [0, 0.1) is 11.6 Å². The van der Waals surface area contributed by atoms with Crippen LogP contribution in [0.5, 0.6) is 0 Å². The number of rotatable bonds is 4. The largest absolute Gasteiger partial charge is 0.387 e. The van der Waals surface area contributed by atoms with Crippen molar-refractivity contribution in [3.63, 3.8) is 0 Å². The van der Waals surface area contributed by atoms with Crippen LogP contribution in [0.15, 0.2) is 48.5 Å². The third kappa shape index (κ3) is 3.23. The third-order valence-corrected chi connectivity index (χ3v) is 4.14. The normalized spacial score (nSPS) is 18.8. The zero-order valence-corrected chi connectivity index (χ0v) is 13.4. The molecular formula is C18H16F2N2O3. The predicted octanol–water partition coefficient (Wildman–Crippen LogP) is 2.86. The van der Waals surface area contributed by atoms with Crippen molar-refractivity contribution in [3.05, 3.63) is 65.7 Å². The Hall–Kier alpha value is -2.80. The molecule has 25 heavy (non-hydrogen) atoms. The number of anilines is 1. The second-order valence-electron chi connectivity index (χ2n) is 5.82. The van der Waals surface area contributed by atoms with Crippen LogP contribution in [0.4, 0.5) is 19.3 Å². The Bertz CT molecular complexity index is 810. The Morgan fingerprint density at radius 1 is 1.08 bits per heavy atom. The molecule has 2 aromatic rings. The van der Waals surface area contributed by atoms with Crippen molar-refractivity contribution in [3.8, 4) is 0 Å². The topological polar surface area (TPSA) is 60.9 Å². The lowest BCUT2D eigenvalue weighted by atomic mass is 10.1. The summed E-state index contributed by atoms with van der Waals surface area (Å²) in [5, 5.41) is 10.2. The highest BCUT2D eigenvalue weighted by Gasteiger charge is 2.44. The number of carbonyl (C=O) groups excluding carboxylic acids is 2. The summed E-state index contributed by atoms with van der Waals surface area (Å²) in [7, 11) is 0. The van der Waals surface area contributed by atoms with E-state index >= 15 is 0 Å². The summed E-state index contributed by atoms with van der Waals surface area (Å²) in [6.07, 6.45) is -1.20. The van der Waals surface area contributed by atoms with E-state index in [-0.39, 0.29) is 12.1 Å². The van der Waals surface area contributed by atoms with E-state index in [0.717, 1.165) is 11.0 Å². The van der Waals surface area contributed by atoms with Crippen molar-refractivity contribution in [2.75, 3.05) is 11.4 Å². The molecule has 0 spiro atoms. The van der Waals surface area contributed by atoms with E-state index in [0.29, 0.717) is 5.69 Å². The average Bonchev–Trinajstić information content (AvgIpc) is 2.79. The summed E-state index contributed by atoms with van der Waals surface area (Å²) < 4.78 is 26.3. The minimum Gasteiger partial charge on any atom is -0.387 e. The summed E-state index contributed by atoms with van der Waals surface area (Å²) in [4.78, 5) is 27.2. The van der Waals surface area contributed by atoms with Crippen molar-refractivity contribution in [1.29, 1.82) is 0 Å². The number of imide groups is 1. The lowest BCUT2D eigenvalue weighted by molar-refractivity contribution is -0.127. The van der Waals surface area contributed by atoms with E-state index in [4.69, 9.17) is 0 Å². The summed E-state index contributed by atoms with van der Waals surface area (Å²) in [6, 6.07) is 9.16. The van der Waals surface area contributed by atoms with Crippen LogP contribution < -0.4 is 4.90 Å². The second kappa shape index (κ2) is 6.60. The van der Waals surface area contributed by atoms with E-state index in [2.05, 4.69) is 0 Å². The van der Waals surface area contributed by atoms with Crippen LogP contribution in [-0.2, 0) is 4.79 Å². The van der Waals surface area contributed by atoms with Crippen LogP contribution in [0.3, 0.4) is 0 Å². The fraction of sp³-hybridized carbons (Fsp3) is 0.222. The molecule has 0 unspecified atom stereocenters. The standard InChI is InChI=1S/C18H16F2N2O3/c1-11-17(24)21(10-16(23)12-3-2-4-14(20)9-12)18(25)22(11)15-7-5-13(19)6-8-15/h2-9,11,16,23H,10H2,1H3/t11-,16-/m1/s1. The number of carbonyl (C=O) groups is 2. The smallest absolute Gasteiger partial charge is 0.332 e. The highest BCUT2D eigenvalue weighted by molar-refractivity contribution is 6.14. The molecule has 1 aliphatic rings. The van der Waals surface area contributed by atoms with Crippen LogP contribution in [-0.4, -0.2) is 34.5 Å². The molecule has 1 fully saturated rings. The highest BCUT2D eigenvalue weighted by Crippen LogP contribution is 2.27. The van der Waals surface area contributed by atoms with Gasteiger partial charge in [0.25, 0.3) is 5.91 Å². The molecule has 3 rings (SSSR count). The maximum Gasteiger partial charge on any atom is 0.332 e. The van der Waals surface area contributed by atoms with Gasteiger partial charge in [-0.3, -0.25) is 14.6 Å². The predicted molar refractivity (Wildman–Crippen MR) is 86.8 cm³/mol. The van der Waals surface area contributed by atoms with Gasteiger partial charge >= 0.3 is 6.03 Å². The molecule has 2 aromatic carbocycles. The van der Waals surface area contributed by atoms with Gasteiger partial charge < -0.3 is 5.11 Å². The summed E-state index contributed by atoms with van der Waals surface area (Å²) in [6.45, 7) is 1.27. The number of benzene rings is 2. The zero-order chi connectivity index (χ0) is 18.1. The zero-order valence-electron chi connectivity index (χ0n) is 13.4. The van der Waals surface area contributed by atoms with Gasteiger partial charge in [0.1, 0.15) is 17.7 Å². The quantitative estimate of drug-likeness (QED) is 0.866. The first kappa shape index (κ1) is 17.0. The van der Waals surface area contributed by atoms with Crippen molar-refractivity contribution >= 4 is 17.6 Å². The fourth-order valence-corrected chi connectivity index (χ4v) is 2.82. The van der Waals surface area contributed by atoms with E-state index in [9.17, 15) is 23.5 Å². The number of aliphatic hydroxyl groups excluding tert-OH is 1. The molecule has 0 saturated carbocycles. The second-order valence-corrected chi connectivity index (χ2v) is 5.82. The van der Waals surface area contributed by atoms with Gasteiger partial charge in [0.2, 0.25) is 0 Å². The molecule has 2 atom stereocenters. The first-order valence-corrected chi connectivity index (χ1v) is 7.72. The maximum absolute atomic E-state index is 13.3. The number of halogens is 2. The molecule has 0 aromatic heterocycles. The summed E-state index contributed by atoms with van der Waals surface area (Å²) in [5.74, 6) is -1.45. The number of urea groups is 1. The van der Waals surface area contributed by atoms with Crippen LogP contribution in [0.1, 0.15) is 18.6 Å². The van der Waals surface area contributed by atoms with Crippen molar-refractivity contribution in [2.45, 2.75) is 19.1 Å². The van der Waals surface area contributed by atoms with E-state index in [1.807, 2.05) is 0 Å². The molecular weight excluding hydrogens is 330 g/mol.